The molecule has 0 atom stereocenters. The highest BCUT2D eigenvalue weighted by atomic mass is 16.2. The summed E-state index contributed by atoms with van der Waals surface area (Å²) in [5.41, 5.74) is 1.36. The number of pyridine rings is 1. The van der Waals surface area contributed by atoms with Gasteiger partial charge in [-0.25, -0.2) is 4.98 Å². The van der Waals surface area contributed by atoms with Crippen molar-refractivity contribution in [3.63, 3.8) is 0 Å². The summed E-state index contributed by atoms with van der Waals surface area (Å²) in [5.74, 6) is -0.0261. The number of carbonyl (C=O) groups excluding carboxylic acids is 1. The molecule has 4 nitrogen and oxygen atoms in total. The molecule has 0 bridgehead atoms. The van der Waals surface area contributed by atoms with Crippen molar-refractivity contribution < 1.29 is 4.79 Å². The summed E-state index contributed by atoms with van der Waals surface area (Å²) in [5, 5.41) is 4.13. The van der Waals surface area contributed by atoms with Crippen LogP contribution in [0.2, 0.25) is 0 Å². The Kier molecular flexibility index (Phi) is 4.47. The second-order valence-electron chi connectivity index (χ2n) is 4.57. The van der Waals surface area contributed by atoms with Crippen molar-refractivity contribution in [2.45, 2.75) is 6.42 Å². The molecule has 0 aliphatic rings. The fourth-order valence-corrected chi connectivity index (χ4v) is 1.98. The molecule has 19 heavy (non-hydrogen) atoms. The summed E-state index contributed by atoms with van der Waals surface area (Å²) >= 11 is 0. The third-order valence-corrected chi connectivity index (χ3v) is 3.08. The van der Waals surface area contributed by atoms with Crippen LogP contribution in [0.25, 0.3) is 10.9 Å². The van der Waals surface area contributed by atoms with Gasteiger partial charge in [-0.3, -0.25) is 4.79 Å². The van der Waals surface area contributed by atoms with Crippen molar-refractivity contribution in [3.8, 4) is 0 Å². The van der Waals surface area contributed by atoms with E-state index in [0.29, 0.717) is 5.69 Å². The molecule has 1 aromatic heterocycles. The SMILES string of the molecule is CNCCCN(C)C(=O)c1ccc2ccccc2n1. The van der Waals surface area contributed by atoms with E-state index in [-0.39, 0.29) is 5.91 Å². The summed E-state index contributed by atoms with van der Waals surface area (Å²) in [6.45, 7) is 1.64. The quantitative estimate of drug-likeness (QED) is 0.832. The molecular weight excluding hydrogens is 238 g/mol. The average Bonchev–Trinajstić information content (AvgIpc) is 2.46. The largest absolute Gasteiger partial charge is 0.340 e. The van der Waals surface area contributed by atoms with Gasteiger partial charge in [-0.15, -0.1) is 0 Å². The maximum Gasteiger partial charge on any atom is 0.272 e. The molecule has 0 saturated carbocycles. The number of hydrogen-bond acceptors (Lipinski definition) is 3. The highest BCUT2D eigenvalue weighted by Gasteiger charge is 2.12. The standard InChI is InChI=1S/C15H19N3O/c1-16-10-5-11-18(2)15(19)14-9-8-12-6-3-4-7-13(12)17-14/h3-4,6-9,16H,5,10-11H2,1-2H3. The van der Waals surface area contributed by atoms with E-state index in [9.17, 15) is 4.79 Å². The lowest BCUT2D eigenvalue weighted by Crippen LogP contribution is -2.30. The highest BCUT2D eigenvalue weighted by Crippen LogP contribution is 2.12. The number of rotatable bonds is 5. The molecule has 0 unspecified atom stereocenters. The van der Waals surface area contributed by atoms with Crippen LogP contribution < -0.4 is 5.32 Å². The van der Waals surface area contributed by atoms with Gasteiger partial charge in [-0.1, -0.05) is 24.3 Å². The number of hydrogen-bond donors (Lipinski definition) is 1. The first kappa shape index (κ1) is 13.5. The predicted molar refractivity (Wildman–Crippen MR) is 77.2 cm³/mol. The number of aromatic nitrogens is 1. The Hall–Kier alpha value is -1.94. The van der Waals surface area contributed by atoms with Gasteiger partial charge in [0.15, 0.2) is 0 Å². The molecule has 0 aliphatic carbocycles. The Balaban J connectivity index is 2.12. The Morgan fingerprint density at radius 2 is 2.05 bits per heavy atom. The van der Waals surface area contributed by atoms with Gasteiger partial charge in [0.05, 0.1) is 5.52 Å². The van der Waals surface area contributed by atoms with E-state index >= 15 is 0 Å². The third kappa shape index (κ3) is 3.29. The number of nitrogens with zero attached hydrogens (tertiary/aromatic N) is 2. The minimum Gasteiger partial charge on any atom is -0.340 e. The van der Waals surface area contributed by atoms with Crippen molar-refractivity contribution in [1.82, 2.24) is 15.2 Å². The van der Waals surface area contributed by atoms with Crippen LogP contribution in [-0.2, 0) is 0 Å². The fourth-order valence-electron chi connectivity index (χ4n) is 1.98. The number of fused-ring (bicyclic) bond motifs is 1. The van der Waals surface area contributed by atoms with Gasteiger partial charge >= 0.3 is 0 Å². The lowest BCUT2D eigenvalue weighted by Gasteiger charge is -2.16. The van der Waals surface area contributed by atoms with E-state index in [1.165, 1.54) is 0 Å². The minimum atomic E-state index is -0.0261. The van der Waals surface area contributed by atoms with Crippen molar-refractivity contribution in [2.75, 3.05) is 27.2 Å². The highest BCUT2D eigenvalue weighted by molar-refractivity contribution is 5.94. The van der Waals surface area contributed by atoms with E-state index < -0.39 is 0 Å². The van der Waals surface area contributed by atoms with E-state index in [1.807, 2.05) is 44.4 Å². The van der Waals surface area contributed by atoms with Crippen LogP contribution in [0, 0.1) is 0 Å². The second kappa shape index (κ2) is 6.29. The van der Waals surface area contributed by atoms with Gasteiger partial charge in [0.2, 0.25) is 0 Å². The van der Waals surface area contributed by atoms with Crippen molar-refractivity contribution in [2.24, 2.45) is 0 Å². The van der Waals surface area contributed by atoms with Crippen molar-refractivity contribution in [1.29, 1.82) is 0 Å². The van der Waals surface area contributed by atoms with Crippen LogP contribution >= 0.6 is 0 Å². The van der Waals surface area contributed by atoms with Crippen LogP contribution in [0.5, 0.6) is 0 Å². The molecule has 100 valence electrons. The number of para-hydroxylation sites is 1. The predicted octanol–water partition coefficient (Wildman–Crippen LogP) is 1.92. The number of nitrogens with one attached hydrogen (secondary N) is 1. The molecule has 0 spiro atoms. The molecule has 1 heterocycles. The summed E-state index contributed by atoms with van der Waals surface area (Å²) in [6, 6.07) is 11.5. The van der Waals surface area contributed by atoms with Crippen LogP contribution in [0.4, 0.5) is 0 Å². The zero-order valence-electron chi connectivity index (χ0n) is 11.4. The lowest BCUT2D eigenvalue weighted by molar-refractivity contribution is 0.0788. The smallest absolute Gasteiger partial charge is 0.272 e. The van der Waals surface area contributed by atoms with E-state index in [2.05, 4.69) is 10.3 Å². The average molecular weight is 257 g/mol. The van der Waals surface area contributed by atoms with Crippen molar-refractivity contribution in [3.05, 3.63) is 42.1 Å². The van der Waals surface area contributed by atoms with Gasteiger partial charge in [0.1, 0.15) is 5.69 Å². The summed E-state index contributed by atoms with van der Waals surface area (Å²) in [6.07, 6.45) is 0.937. The number of benzene rings is 1. The Bertz CT molecular complexity index is 568. The molecule has 2 aromatic rings. The van der Waals surface area contributed by atoms with Gasteiger partial charge in [0, 0.05) is 19.0 Å². The first-order valence-corrected chi connectivity index (χ1v) is 6.48. The lowest BCUT2D eigenvalue weighted by atomic mass is 10.2. The molecule has 2 rings (SSSR count). The zero-order chi connectivity index (χ0) is 13.7. The molecular formula is C15H19N3O. The van der Waals surface area contributed by atoms with Gasteiger partial charge in [0.25, 0.3) is 5.91 Å². The Morgan fingerprint density at radius 1 is 1.26 bits per heavy atom. The number of amides is 1. The Morgan fingerprint density at radius 3 is 2.84 bits per heavy atom. The second-order valence-corrected chi connectivity index (χ2v) is 4.57. The van der Waals surface area contributed by atoms with Gasteiger partial charge in [-0.2, -0.15) is 0 Å². The molecule has 0 aliphatic heterocycles. The van der Waals surface area contributed by atoms with E-state index in [0.717, 1.165) is 30.4 Å². The van der Waals surface area contributed by atoms with Gasteiger partial charge < -0.3 is 10.2 Å². The summed E-state index contributed by atoms with van der Waals surface area (Å²) in [7, 11) is 3.72. The summed E-state index contributed by atoms with van der Waals surface area (Å²) < 4.78 is 0. The van der Waals surface area contributed by atoms with Crippen LogP contribution in [0.15, 0.2) is 36.4 Å². The third-order valence-electron chi connectivity index (χ3n) is 3.08. The molecule has 0 saturated heterocycles. The van der Waals surface area contributed by atoms with Crippen LogP contribution in [0.3, 0.4) is 0 Å². The normalized spacial score (nSPS) is 10.6. The van der Waals surface area contributed by atoms with Crippen LogP contribution in [-0.4, -0.2) is 43.0 Å². The molecule has 0 radical (unpaired) electrons. The fraction of sp³-hybridized carbons (Fsp3) is 0.333. The van der Waals surface area contributed by atoms with Crippen molar-refractivity contribution >= 4 is 16.8 Å². The first-order chi connectivity index (χ1) is 9.22. The first-order valence-electron chi connectivity index (χ1n) is 6.48. The molecule has 4 heteroatoms. The maximum atomic E-state index is 12.2. The molecule has 0 fully saturated rings. The monoisotopic (exact) mass is 257 g/mol. The van der Waals surface area contributed by atoms with E-state index in [4.69, 9.17) is 0 Å². The maximum absolute atomic E-state index is 12.2. The van der Waals surface area contributed by atoms with Crippen LogP contribution in [0.1, 0.15) is 16.9 Å². The Labute approximate surface area is 113 Å². The number of carbonyl (C=O) groups is 1. The zero-order valence-corrected chi connectivity index (χ0v) is 11.4. The molecule has 1 N–H and O–H groups in total. The van der Waals surface area contributed by atoms with Gasteiger partial charge in [-0.05, 0) is 32.1 Å². The summed E-state index contributed by atoms with van der Waals surface area (Å²) in [4.78, 5) is 18.4. The topological polar surface area (TPSA) is 45.2 Å². The van der Waals surface area contributed by atoms with E-state index in [1.54, 1.807) is 11.0 Å². The minimum absolute atomic E-state index is 0.0261. The molecule has 1 aromatic carbocycles. The molecule has 1 amide bonds.